The van der Waals surface area contributed by atoms with Crippen LogP contribution in [0.15, 0.2) is 48.5 Å². The van der Waals surface area contributed by atoms with Crippen LogP contribution in [0.5, 0.6) is 0 Å². The third-order valence-corrected chi connectivity index (χ3v) is 7.64. The SMILES string of the molecule is Cc1nc(C(=O)N2CC3C[C@@H]3C2CNC(=O)c2cccc(Cl)c2)c(-c2cccc(Cl)c2)s1. The van der Waals surface area contributed by atoms with Gasteiger partial charge in [-0.15, -0.1) is 11.3 Å². The predicted molar refractivity (Wildman–Crippen MR) is 128 cm³/mol. The Morgan fingerprint density at radius 3 is 2.66 bits per heavy atom. The quantitative estimate of drug-likeness (QED) is 0.531. The molecule has 2 unspecified atom stereocenters. The summed E-state index contributed by atoms with van der Waals surface area (Å²) in [5.41, 5.74) is 1.86. The first-order valence-corrected chi connectivity index (χ1v) is 12.1. The number of hydrogen-bond acceptors (Lipinski definition) is 4. The number of likely N-dealkylation sites (tertiary alicyclic amines) is 1. The van der Waals surface area contributed by atoms with Gasteiger partial charge in [0.25, 0.3) is 11.8 Å². The van der Waals surface area contributed by atoms with Crippen LogP contribution in [-0.4, -0.2) is 40.8 Å². The van der Waals surface area contributed by atoms with Crippen LogP contribution in [0.4, 0.5) is 0 Å². The van der Waals surface area contributed by atoms with Gasteiger partial charge in [0.2, 0.25) is 0 Å². The van der Waals surface area contributed by atoms with Gasteiger partial charge in [0.1, 0.15) is 5.69 Å². The molecule has 5 rings (SSSR count). The first-order chi connectivity index (χ1) is 15.4. The van der Waals surface area contributed by atoms with Gasteiger partial charge in [-0.2, -0.15) is 0 Å². The topological polar surface area (TPSA) is 62.3 Å². The Morgan fingerprint density at radius 1 is 1.16 bits per heavy atom. The molecule has 2 aliphatic rings. The molecule has 1 aromatic heterocycles. The van der Waals surface area contributed by atoms with E-state index < -0.39 is 0 Å². The molecule has 1 saturated heterocycles. The lowest BCUT2D eigenvalue weighted by molar-refractivity contribution is 0.0690. The second-order valence-electron chi connectivity index (χ2n) is 8.33. The zero-order chi connectivity index (χ0) is 22.4. The van der Waals surface area contributed by atoms with Crippen LogP contribution in [0.3, 0.4) is 0 Å². The monoisotopic (exact) mass is 485 g/mol. The van der Waals surface area contributed by atoms with E-state index in [2.05, 4.69) is 10.3 Å². The van der Waals surface area contributed by atoms with Crippen molar-refractivity contribution in [1.29, 1.82) is 0 Å². The van der Waals surface area contributed by atoms with Crippen molar-refractivity contribution in [2.24, 2.45) is 11.8 Å². The van der Waals surface area contributed by atoms with Crippen molar-refractivity contribution in [2.75, 3.05) is 13.1 Å². The van der Waals surface area contributed by atoms with E-state index in [1.165, 1.54) is 11.3 Å². The number of nitrogens with one attached hydrogen (secondary N) is 1. The molecule has 1 aliphatic heterocycles. The van der Waals surface area contributed by atoms with Crippen molar-refractivity contribution in [3.8, 4) is 10.4 Å². The van der Waals surface area contributed by atoms with Crippen LogP contribution in [0.2, 0.25) is 10.0 Å². The Labute approximate surface area is 200 Å². The van der Waals surface area contributed by atoms with Crippen molar-refractivity contribution in [3.05, 3.63) is 74.8 Å². The summed E-state index contributed by atoms with van der Waals surface area (Å²) in [7, 11) is 0. The zero-order valence-electron chi connectivity index (χ0n) is 17.3. The van der Waals surface area contributed by atoms with E-state index in [-0.39, 0.29) is 17.9 Å². The highest BCUT2D eigenvalue weighted by molar-refractivity contribution is 7.15. The number of aryl methyl sites for hydroxylation is 1. The molecule has 0 spiro atoms. The summed E-state index contributed by atoms with van der Waals surface area (Å²) in [5, 5.41) is 4.97. The van der Waals surface area contributed by atoms with E-state index in [4.69, 9.17) is 23.2 Å². The van der Waals surface area contributed by atoms with Crippen molar-refractivity contribution in [2.45, 2.75) is 19.4 Å². The molecule has 1 aliphatic carbocycles. The molecule has 2 fully saturated rings. The lowest BCUT2D eigenvalue weighted by Gasteiger charge is -2.27. The minimum atomic E-state index is -0.187. The number of aromatic nitrogens is 1. The highest BCUT2D eigenvalue weighted by atomic mass is 35.5. The Kier molecular flexibility index (Phi) is 5.70. The summed E-state index contributed by atoms with van der Waals surface area (Å²) >= 11 is 13.7. The van der Waals surface area contributed by atoms with E-state index in [0.717, 1.165) is 21.9 Å². The van der Waals surface area contributed by atoms with E-state index >= 15 is 0 Å². The van der Waals surface area contributed by atoms with Crippen LogP contribution < -0.4 is 5.32 Å². The molecule has 2 heterocycles. The number of carbonyl (C=O) groups is 2. The van der Waals surface area contributed by atoms with Gasteiger partial charge in [-0.3, -0.25) is 9.59 Å². The fourth-order valence-electron chi connectivity index (χ4n) is 4.53. The van der Waals surface area contributed by atoms with Crippen molar-refractivity contribution in [1.82, 2.24) is 15.2 Å². The van der Waals surface area contributed by atoms with Crippen molar-refractivity contribution >= 4 is 46.4 Å². The average molecular weight is 486 g/mol. The molecular weight excluding hydrogens is 465 g/mol. The summed E-state index contributed by atoms with van der Waals surface area (Å²) in [6.07, 6.45) is 1.10. The molecule has 3 aromatic rings. The molecule has 0 bridgehead atoms. The maximum absolute atomic E-state index is 13.6. The fraction of sp³-hybridized carbons (Fsp3) is 0.292. The number of hydrogen-bond donors (Lipinski definition) is 1. The average Bonchev–Trinajstić information content (AvgIpc) is 3.28. The van der Waals surface area contributed by atoms with Crippen LogP contribution in [0, 0.1) is 18.8 Å². The standard InChI is InChI=1S/C24H21Cl2N3O2S/c1-13-28-21(22(32-13)14-4-2-6-17(25)8-14)24(31)29-12-16-10-19(16)20(29)11-27-23(30)15-5-3-7-18(26)9-15/h2-9,16,19-20H,10-12H2,1H3,(H,27,30)/t16?,19-,20?/m0/s1. The van der Waals surface area contributed by atoms with Crippen molar-refractivity contribution < 1.29 is 9.59 Å². The molecule has 0 radical (unpaired) electrons. The maximum Gasteiger partial charge on any atom is 0.274 e. The second kappa shape index (κ2) is 8.50. The Hall–Kier alpha value is -2.41. The molecule has 1 N–H and O–H groups in total. The maximum atomic E-state index is 13.6. The molecule has 8 heteroatoms. The Balaban J connectivity index is 1.36. The summed E-state index contributed by atoms with van der Waals surface area (Å²) in [6, 6.07) is 14.3. The summed E-state index contributed by atoms with van der Waals surface area (Å²) < 4.78 is 0. The number of carbonyl (C=O) groups excluding carboxylic acids is 2. The van der Waals surface area contributed by atoms with E-state index in [1.54, 1.807) is 24.3 Å². The molecule has 5 nitrogen and oxygen atoms in total. The minimum absolute atomic E-state index is 0.0372. The molecular formula is C24H21Cl2N3O2S. The van der Waals surface area contributed by atoms with Crippen LogP contribution in [0.25, 0.3) is 10.4 Å². The zero-order valence-corrected chi connectivity index (χ0v) is 19.7. The highest BCUT2D eigenvalue weighted by Crippen LogP contribution is 2.50. The number of halogens is 2. The fourth-order valence-corrected chi connectivity index (χ4v) is 5.82. The van der Waals surface area contributed by atoms with Gasteiger partial charge in [0.05, 0.1) is 15.9 Å². The predicted octanol–water partition coefficient (Wildman–Crippen LogP) is 5.32. The highest BCUT2D eigenvalue weighted by Gasteiger charge is 2.54. The smallest absolute Gasteiger partial charge is 0.274 e. The first kappa shape index (κ1) is 21.4. The van der Waals surface area contributed by atoms with Gasteiger partial charge in [0, 0.05) is 28.7 Å². The third-order valence-electron chi connectivity index (χ3n) is 6.15. The summed E-state index contributed by atoms with van der Waals surface area (Å²) in [5.74, 6) is 0.654. The Morgan fingerprint density at radius 2 is 1.91 bits per heavy atom. The lowest BCUT2D eigenvalue weighted by atomic mass is 10.1. The summed E-state index contributed by atoms with van der Waals surface area (Å²) in [6.45, 7) is 3.01. The van der Waals surface area contributed by atoms with Gasteiger partial charge in [-0.05, 0) is 61.1 Å². The van der Waals surface area contributed by atoms with E-state index in [9.17, 15) is 9.59 Å². The molecule has 164 valence electrons. The number of piperidine rings is 1. The molecule has 2 amide bonds. The van der Waals surface area contributed by atoms with Crippen LogP contribution >= 0.6 is 34.5 Å². The van der Waals surface area contributed by atoms with Crippen LogP contribution in [-0.2, 0) is 0 Å². The number of benzene rings is 2. The number of thiazole rings is 1. The number of amides is 2. The number of nitrogens with zero attached hydrogens (tertiary/aromatic N) is 2. The number of rotatable bonds is 5. The normalized spacial score (nSPS) is 21.3. The van der Waals surface area contributed by atoms with Crippen LogP contribution in [0.1, 0.15) is 32.3 Å². The van der Waals surface area contributed by atoms with Gasteiger partial charge >= 0.3 is 0 Å². The minimum Gasteiger partial charge on any atom is -0.350 e. The Bertz CT molecular complexity index is 1210. The van der Waals surface area contributed by atoms with Gasteiger partial charge in [-0.25, -0.2) is 4.98 Å². The lowest BCUT2D eigenvalue weighted by Crippen LogP contribution is -2.45. The van der Waals surface area contributed by atoms with E-state index in [0.29, 0.717) is 46.2 Å². The molecule has 3 atom stereocenters. The second-order valence-corrected chi connectivity index (χ2v) is 10.4. The van der Waals surface area contributed by atoms with Gasteiger partial charge < -0.3 is 10.2 Å². The first-order valence-electron chi connectivity index (χ1n) is 10.5. The molecule has 2 aromatic carbocycles. The third kappa shape index (κ3) is 4.15. The van der Waals surface area contributed by atoms with Gasteiger partial charge in [0.15, 0.2) is 0 Å². The number of fused-ring (bicyclic) bond motifs is 1. The van der Waals surface area contributed by atoms with E-state index in [1.807, 2.05) is 36.1 Å². The summed E-state index contributed by atoms with van der Waals surface area (Å²) in [4.78, 5) is 33.5. The molecule has 32 heavy (non-hydrogen) atoms. The van der Waals surface area contributed by atoms with Gasteiger partial charge in [-0.1, -0.05) is 41.4 Å². The van der Waals surface area contributed by atoms with Crippen molar-refractivity contribution in [3.63, 3.8) is 0 Å². The molecule has 1 saturated carbocycles. The largest absolute Gasteiger partial charge is 0.350 e.